The van der Waals surface area contributed by atoms with Gasteiger partial charge >= 0.3 is 0 Å². The number of carbonyl (C=O) groups excluding carboxylic acids is 1. The Morgan fingerprint density at radius 1 is 1.40 bits per heavy atom. The minimum absolute atomic E-state index is 0.0202. The molecule has 0 unspecified atom stereocenters. The first kappa shape index (κ1) is 15.1. The molecule has 0 spiro atoms. The Balaban J connectivity index is 2.00. The van der Waals surface area contributed by atoms with Gasteiger partial charge in [-0.15, -0.1) is 0 Å². The van der Waals surface area contributed by atoms with Crippen LogP contribution < -0.4 is 5.32 Å². The molecule has 1 amide bonds. The Hall–Kier alpha value is -1.33. The van der Waals surface area contributed by atoms with Crippen LogP contribution in [-0.4, -0.2) is 55.5 Å². The number of nitrogens with one attached hydrogen (secondary N) is 1. The molecule has 1 aliphatic heterocycles. The van der Waals surface area contributed by atoms with Crippen LogP contribution in [0, 0.1) is 6.92 Å². The smallest absolute Gasteiger partial charge is 0.240 e. The number of likely N-dealkylation sites (N-methyl/N-ethyl adjacent to an activating group) is 1. The fourth-order valence-electron chi connectivity index (χ4n) is 2.46. The molecule has 20 heavy (non-hydrogen) atoms. The molecule has 0 radical (unpaired) electrons. The van der Waals surface area contributed by atoms with Crippen LogP contribution in [0.3, 0.4) is 0 Å². The van der Waals surface area contributed by atoms with E-state index < -0.39 is 0 Å². The molecule has 1 aliphatic rings. The number of furan rings is 1. The van der Waals surface area contributed by atoms with E-state index in [4.69, 9.17) is 4.42 Å². The SMILES string of the molecule is Cc1ccc(CN(CCN(C)C)C(=O)[C@H]2CCCN2)o1. The zero-order valence-electron chi connectivity index (χ0n) is 12.7. The average Bonchev–Trinajstić information content (AvgIpc) is 3.04. The lowest BCUT2D eigenvalue weighted by Crippen LogP contribution is -2.45. The van der Waals surface area contributed by atoms with Crippen LogP contribution in [0.1, 0.15) is 24.4 Å². The Morgan fingerprint density at radius 3 is 2.75 bits per heavy atom. The summed E-state index contributed by atoms with van der Waals surface area (Å²) in [6.07, 6.45) is 2.02. The molecule has 1 aromatic heterocycles. The van der Waals surface area contributed by atoms with Crippen LogP contribution in [0.15, 0.2) is 16.5 Å². The highest BCUT2D eigenvalue weighted by Gasteiger charge is 2.27. The molecule has 5 heteroatoms. The lowest BCUT2D eigenvalue weighted by molar-refractivity contribution is -0.134. The van der Waals surface area contributed by atoms with Crippen molar-refractivity contribution in [3.63, 3.8) is 0 Å². The molecule has 1 saturated heterocycles. The number of amides is 1. The lowest BCUT2D eigenvalue weighted by Gasteiger charge is -2.26. The van der Waals surface area contributed by atoms with Gasteiger partial charge in [0.25, 0.3) is 0 Å². The minimum atomic E-state index is -0.0202. The van der Waals surface area contributed by atoms with E-state index in [-0.39, 0.29) is 11.9 Å². The maximum Gasteiger partial charge on any atom is 0.240 e. The van der Waals surface area contributed by atoms with E-state index in [1.807, 2.05) is 38.1 Å². The molecule has 1 fully saturated rings. The van der Waals surface area contributed by atoms with Gasteiger partial charge in [0.2, 0.25) is 5.91 Å². The summed E-state index contributed by atoms with van der Waals surface area (Å²) < 4.78 is 5.61. The average molecular weight is 279 g/mol. The Bertz CT molecular complexity index is 436. The quantitative estimate of drug-likeness (QED) is 0.851. The molecule has 2 heterocycles. The van der Waals surface area contributed by atoms with Gasteiger partial charge in [-0.1, -0.05) is 0 Å². The fraction of sp³-hybridized carbons (Fsp3) is 0.667. The van der Waals surface area contributed by atoms with E-state index in [0.29, 0.717) is 6.54 Å². The van der Waals surface area contributed by atoms with Crippen molar-refractivity contribution in [3.05, 3.63) is 23.7 Å². The third-order valence-corrected chi connectivity index (χ3v) is 3.63. The van der Waals surface area contributed by atoms with Gasteiger partial charge in [-0.05, 0) is 52.5 Å². The molecule has 0 aromatic carbocycles. The van der Waals surface area contributed by atoms with Gasteiger partial charge in [-0.3, -0.25) is 4.79 Å². The highest BCUT2D eigenvalue weighted by Crippen LogP contribution is 2.14. The van der Waals surface area contributed by atoms with Crippen LogP contribution in [0.2, 0.25) is 0 Å². The number of hydrogen-bond donors (Lipinski definition) is 1. The van der Waals surface area contributed by atoms with Crippen molar-refractivity contribution in [2.45, 2.75) is 32.4 Å². The maximum atomic E-state index is 12.6. The number of rotatable bonds is 6. The van der Waals surface area contributed by atoms with Gasteiger partial charge < -0.3 is 19.5 Å². The monoisotopic (exact) mass is 279 g/mol. The summed E-state index contributed by atoms with van der Waals surface area (Å²) in [4.78, 5) is 16.6. The predicted molar refractivity (Wildman–Crippen MR) is 78.4 cm³/mol. The standard InChI is InChI=1S/C15H25N3O2/c1-12-6-7-13(20-12)11-18(10-9-17(2)3)15(19)14-5-4-8-16-14/h6-7,14,16H,4-5,8-11H2,1-3H3/t14-/m1/s1. The highest BCUT2D eigenvalue weighted by atomic mass is 16.3. The number of carbonyl (C=O) groups is 1. The van der Waals surface area contributed by atoms with Gasteiger partial charge in [0.15, 0.2) is 0 Å². The summed E-state index contributed by atoms with van der Waals surface area (Å²) in [5.41, 5.74) is 0. The second-order valence-corrected chi connectivity index (χ2v) is 5.72. The number of hydrogen-bond acceptors (Lipinski definition) is 4. The Morgan fingerprint density at radius 2 is 2.20 bits per heavy atom. The fourth-order valence-corrected chi connectivity index (χ4v) is 2.46. The van der Waals surface area contributed by atoms with Crippen LogP contribution >= 0.6 is 0 Å². The highest BCUT2D eigenvalue weighted by molar-refractivity contribution is 5.82. The largest absolute Gasteiger partial charge is 0.464 e. The Labute approximate surface area is 120 Å². The summed E-state index contributed by atoms with van der Waals surface area (Å²) in [7, 11) is 4.04. The molecule has 0 bridgehead atoms. The molecule has 1 N–H and O–H groups in total. The van der Waals surface area contributed by atoms with Gasteiger partial charge in [-0.25, -0.2) is 0 Å². The second-order valence-electron chi connectivity index (χ2n) is 5.72. The van der Waals surface area contributed by atoms with Crippen molar-refractivity contribution in [1.82, 2.24) is 15.1 Å². The molecular weight excluding hydrogens is 254 g/mol. The van der Waals surface area contributed by atoms with Crippen LogP contribution in [0.5, 0.6) is 0 Å². The summed E-state index contributed by atoms with van der Waals surface area (Å²) in [5, 5.41) is 3.28. The van der Waals surface area contributed by atoms with E-state index in [0.717, 1.165) is 44.0 Å². The summed E-state index contributed by atoms with van der Waals surface area (Å²) in [6.45, 7) is 5.01. The van der Waals surface area contributed by atoms with E-state index >= 15 is 0 Å². The van der Waals surface area contributed by atoms with Crippen molar-refractivity contribution in [3.8, 4) is 0 Å². The third kappa shape index (κ3) is 4.08. The first-order valence-electron chi connectivity index (χ1n) is 7.28. The second kappa shape index (κ2) is 6.90. The molecule has 2 rings (SSSR count). The molecule has 112 valence electrons. The van der Waals surface area contributed by atoms with Crippen molar-refractivity contribution < 1.29 is 9.21 Å². The third-order valence-electron chi connectivity index (χ3n) is 3.63. The minimum Gasteiger partial charge on any atom is -0.464 e. The van der Waals surface area contributed by atoms with E-state index in [9.17, 15) is 4.79 Å². The van der Waals surface area contributed by atoms with Gasteiger partial charge in [0.05, 0.1) is 12.6 Å². The summed E-state index contributed by atoms with van der Waals surface area (Å²) >= 11 is 0. The maximum absolute atomic E-state index is 12.6. The van der Waals surface area contributed by atoms with E-state index in [1.54, 1.807) is 0 Å². The van der Waals surface area contributed by atoms with Gasteiger partial charge in [0, 0.05) is 13.1 Å². The van der Waals surface area contributed by atoms with E-state index in [2.05, 4.69) is 10.2 Å². The van der Waals surface area contributed by atoms with Crippen LogP contribution in [0.25, 0.3) is 0 Å². The molecule has 1 atom stereocenters. The number of nitrogens with zero attached hydrogens (tertiary/aromatic N) is 2. The van der Waals surface area contributed by atoms with Crippen LogP contribution in [-0.2, 0) is 11.3 Å². The normalized spacial score (nSPS) is 18.7. The van der Waals surface area contributed by atoms with Gasteiger partial charge in [-0.2, -0.15) is 0 Å². The molecule has 5 nitrogen and oxygen atoms in total. The van der Waals surface area contributed by atoms with Crippen molar-refractivity contribution in [2.75, 3.05) is 33.7 Å². The summed E-state index contributed by atoms with van der Waals surface area (Å²) in [6, 6.07) is 3.87. The van der Waals surface area contributed by atoms with Crippen LogP contribution in [0.4, 0.5) is 0 Å². The zero-order valence-corrected chi connectivity index (χ0v) is 12.7. The van der Waals surface area contributed by atoms with Crippen molar-refractivity contribution in [2.24, 2.45) is 0 Å². The first-order valence-corrected chi connectivity index (χ1v) is 7.28. The topological polar surface area (TPSA) is 48.7 Å². The van der Waals surface area contributed by atoms with Gasteiger partial charge in [0.1, 0.15) is 11.5 Å². The predicted octanol–water partition coefficient (Wildman–Crippen LogP) is 1.23. The molecule has 0 saturated carbocycles. The van der Waals surface area contributed by atoms with E-state index in [1.165, 1.54) is 0 Å². The molecule has 1 aromatic rings. The van der Waals surface area contributed by atoms with Crippen molar-refractivity contribution in [1.29, 1.82) is 0 Å². The molecular formula is C15H25N3O2. The number of aryl methyl sites for hydroxylation is 1. The molecule has 0 aliphatic carbocycles. The zero-order chi connectivity index (χ0) is 14.5. The Kier molecular flexibility index (Phi) is 5.20. The lowest BCUT2D eigenvalue weighted by atomic mass is 10.2. The first-order chi connectivity index (χ1) is 9.56. The van der Waals surface area contributed by atoms with Crippen molar-refractivity contribution >= 4 is 5.91 Å². The summed E-state index contributed by atoms with van der Waals surface area (Å²) in [5.74, 6) is 1.94.